The van der Waals surface area contributed by atoms with Gasteiger partial charge in [-0.15, -0.1) is 0 Å². The van der Waals surface area contributed by atoms with Crippen molar-refractivity contribution in [1.29, 1.82) is 0 Å². The second-order valence-electron chi connectivity index (χ2n) is 5.13. The Kier molecular flexibility index (Phi) is 4.82. The Balaban J connectivity index is 1.91. The quantitative estimate of drug-likeness (QED) is 0.745. The van der Waals surface area contributed by atoms with Crippen LogP contribution in [0.5, 0.6) is 0 Å². The highest BCUT2D eigenvalue weighted by Crippen LogP contribution is 2.27. The minimum Gasteiger partial charge on any atom is -0.397 e. The number of nitrogens with one attached hydrogen (secondary N) is 2. The van der Waals surface area contributed by atoms with Crippen LogP contribution >= 0.6 is 15.9 Å². The molecule has 0 aromatic heterocycles. The van der Waals surface area contributed by atoms with Gasteiger partial charge in [0, 0.05) is 10.9 Å². The fourth-order valence-electron chi connectivity index (χ4n) is 2.37. The van der Waals surface area contributed by atoms with E-state index < -0.39 is 0 Å². The molecule has 4 nitrogen and oxygen atoms in total. The highest BCUT2D eigenvalue weighted by Gasteiger charge is 2.16. The lowest BCUT2D eigenvalue weighted by Gasteiger charge is -2.12. The number of aryl methyl sites for hydroxylation is 1. The van der Waals surface area contributed by atoms with Gasteiger partial charge in [0.25, 0.3) is 0 Å². The van der Waals surface area contributed by atoms with E-state index in [9.17, 15) is 4.79 Å². The standard InChI is InChI=1S/C14H20BrN3O/c1-9-6-11(15)7-12(14(9)16)18-13(19)3-2-10-4-5-17-8-10/h6-7,10,17H,2-5,8,16H2,1H3,(H,18,19). The second-order valence-corrected chi connectivity index (χ2v) is 6.05. The summed E-state index contributed by atoms with van der Waals surface area (Å²) < 4.78 is 0.925. The number of anilines is 2. The molecule has 1 heterocycles. The number of carbonyl (C=O) groups excluding carboxylic acids is 1. The summed E-state index contributed by atoms with van der Waals surface area (Å²) in [6, 6.07) is 3.78. The molecule has 4 N–H and O–H groups in total. The zero-order valence-corrected chi connectivity index (χ0v) is 12.7. The summed E-state index contributed by atoms with van der Waals surface area (Å²) in [5.41, 5.74) is 8.27. The Labute approximate surface area is 122 Å². The van der Waals surface area contributed by atoms with E-state index in [0.29, 0.717) is 23.7 Å². The van der Waals surface area contributed by atoms with Crippen LogP contribution in [0.3, 0.4) is 0 Å². The summed E-state index contributed by atoms with van der Waals surface area (Å²) in [5.74, 6) is 0.670. The Bertz CT molecular complexity index is 470. The molecule has 19 heavy (non-hydrogen) atoms. The van der Waals surface area contributed by atoms with Gasteiger partial charge in [0.2, 0.25) is 5.91 Å². The van der Waals surface area contributed by atoms with Gasteiger partial charge in [-0.05, 0) is 56.5 Å². The van der Waals surface area contributed by atoms with Crippen molar-refractivity contribution in [2.45, 2.75) is 26.2 Å². The van der Waals surface area contributed by atoms with E-state index >= 15 is 0 Å². The first kappa shape index (κ1) is 14.3. The Morgan fingerprint density at radius 2 is 2.37 bits per heavy atom. The summed E-state index contributed by atoms with van der Waals surface area (Å²) in [6.07, 6.45) is 2.66. The van der Waals surface area contributed by atoms with Gasteiger partial charge in [-0.2, -0.15) is 0 Å². The van der Waals surface area contributed by atoms with Crippen LogP contribution < -0.4 is 16.4 Å². The van der Waals surface area contributed by atoms with E-state index in [0.717, 1.165) is 29.5 Å². The smallest absolute Gasteiger partial charge is 0.224 e. The lowest BCUT2D eigenvalue weighted by Crippen LogP contribution is -2.16. The summed E-state index contributed by atoms with van der Waals surface area (Å²) in [5, 5.41) is 6.21. The molecule has 104 valence electrons. The van der Waals surface area contributed by atoms with E-state index in [1.165, 1.54) is 6.42 Å². The molecule has 5 heteroatoms. The number of amides is 1. The number of rotatable bonds is 4. The molecule has 1 fully saturated rings. The monoisotopic (exact) mass is 325 g/mol. The van der Waals surface area contributed by atoms with Crippen LogP contribution in [0.4, 0.5) is 11.4 Å². The minimum absolute atomic E-state index is 0.0381. The van der Waals surface area contributed by atoms with Crippen LogP contribution in [0.25, 0.3) is 0 Å². The highest BCUT2D eigenvalue weighted by molar-refractivity contribution is 9.10. The van der Waals surface area contributed by atoms with Gasteiger partial charge < -0.3 is 16.4 Å². The normalized spacial score (nSPS) is 18.5. The van der Waals surface area contributed by atoms with Crippen molar-refractivity contribution in [2.24, 2.45) is 5.92 Å². The predicted molar refractivity (Wildman–Crippen MR) is 82.1 cm³/mol. The van der Waals surface area contributed by atoms with Gasteiger partial charge in [-0.1, -0.05) is 15.9 Å². The molecule has 1 aromatic carbocycles. The molecule has 0 bridgehead atoms. The van der Waals surface area contributed by atoms with Crippen LogP contribution in [0.15, 0.2) is 16.6 Å². The number of benzene rings is 1. The van der Waals surface area contributed by atoms with Gasteiger partial charge in [0.1, 0.15) is 0 Å². The van der Waals surface area contributed by atoms with Gasteiger partial charge in [-0.3, -0.25) is 4.79 Å². The fraction of sp³-hybridized carbons (Fsp3) is 0.500. The van der Waals surface area contributed by atoms with Crippen LogP contribution in [-0.4, -0.2) is 19.0 Å². The van der Waals surface area contributed by atoms with Crippen molar-refractivity contribution in [3.63, 3.8) is 0 Å². The van der Waals surface area contributed by atoms with Crippen molar-refractivity contribution in [1.82, 2.24) is 5.32 Å². The largest absolute Gasteiger partial charge is 0.397 e. The van der Waals surface area contributed by atoms with E-state index in [2.05, 4.69) is 26.6 Å². The topological polar surface area (TPSA) is 67.2 Å². The van der Waals surface area contributed by atoms with Crippen molar-refractivity contribution < 1.29 is 4.79 Å². The number of hydrogen-bond donors (Lipinski definition) is 3. The fourth-order valence-corrected chi connectivity index (χ4v) is 2.94. The third-order valence-corrected chi connectivity index (χ3v) is 4.03. The third kappa shape index (κ3) is 3.94. The molecule has 1 atom stereocenters. The van der Waals surface area contributed by atoms with E-state index in [1.807, 2.05) is 19.1 Å². The van der Waals surface area contributed by atoms with E-state index in [4.69, 9.17) is 5.73 Å². The van der Waals surface area contributed by atoms with Crippen LogP contribution in [0.1, 0.15) is 24.8 Å². The predicted octanol–water partition coefficient (Wildman–Crippen LogP) is 2.67. The van der Waals surface area contributed by atoms with Crippen molar-refractivity contribution in [3.8, 4) is 0 Å². The average molecular weight is 326 g/mol. The van der Waals surface area contributed by atoms with Crippen LogP contribution in [0, 0.1) is 12.8 Å². The molecule has 2 rings (SSSR count). The SMILES string of the molecule is Cc1cc(Br)cc(NC(=O)CCC2CCNC2)c1N. The Morgan fingerprint density at radius 3 is 3.05 bits per heavy atom. The molecule has 1 aliphatic heterocycles. The number of nitrogens with two attached hydrogens (primary N) is 1. The molecule has 0 spiro atoms. The molecular formula is C14H20BrN3O. The lowest BCUT2D eigenvalue weighted by atomic mass is 10.0. The van der Waals surface area contributed by atoms with Crippen molar-refractivity contribution in [2.75, 3.05) is 24.1 Å². The summed E-state index contributed by atoms with van der Waals surface area (Å²) >= 11 is 3.41. The second kappa shape index (κ2) is 6.39. The maximum absolute atomic E-state index is 11.9. The lowest BCUT2D eigenvalue weighted by molar-refractivity contribution is -0.116. The zero-order valence-electron chi connectivity index (χ0n) is 11.1. The summed E-state index contributed by atoms with van der Waals surface area (Å²) in [6.45, 7) is 4.04. The molecule has 1 unspecified atom stereocenters. The third-order valence-electron chi connectivity index (χ3n) is 3.57. The molecule has 0 saturated carbocycles. The number of nitrogen functional groups attached to an aromatic ring is 1. The molecule has 0 aliphatic carbocycles. The molecule has 0 radical (unpaired) electrons. The molecule has 1 saturated heterocycles. The Morgan fingerprint density at radius 1 is 1.58 bits per heavy atom. The van der Waals surface area contributed by atoms with E-state index in [1.54, 1.807) is 0 Å². The van der Waals surface area contributed by atoms with Crippen LogP contribution in [-0.2, 0) is 4.79 Å². The minimum atomic E-state index is 0.0381. The van der Waals surface area contributed by atoms with Crippen molar-refractivity contribution in [3.05, 3.63) is 22.2 Å². The van der Waals surface area contributed by atoms with Crippen molar-refractivity contribution >= 4 is 33.2 Å². The first-order valence-electron chi connectivity index (χ1n) is 6.62. The molecule has 1 aromatic rings. The number of halogens is 1. The Hall–Kier alpha value is -1.07. The van der Waals surface area contributed by atoms with Crippen LogP contribution in [0.2, 0.25) is 0 Å². The van der Waals surface area contributed by atoms with Gasteiger partial charge >= 0.3 is 0 Å². The maximum Gasteiger partial charge on any atom is 0.224 e. The maximum atomic E-state index is 11.9. The summed E-state index contributed by atoms with van der Waals surface area (Å²) in [7, 11) is 0. The average Bonchev–Trinajstić information content (AvgIpc) is 2.86. The van der Waals surface area contributed by atoms with Gasteiger partial charge in [0.05, 0.1) is 11.4 Å². The first-order valence-corrected chi connectivity index (χ1v) is 7.41. The molecular weight excluding hydrogens is 306 g/mol. The number of hydrogen-bond acceptors (Lipinski definition) is 3. The van der Waals surface area contributed by atoms with Gasteiger partial charge in [-0.25, -0.2) is 0 Å². The zero-order chi connectivity index (χ0) is 13.8. The van der Waals surface area contributed by atoms with E-state index in [-0.39, 0.29) is 5.91 Å². The summed E-state index contributed by atoms with van der Waals surface area (Å²) in [4.78, 5) is 11.9. The molecule has 1 aliphatic rings. The number of carbonyl (C=O) groups is 1. The first-order chi connectivity index (χ1) is 9.06. The highest BCUT2D eigenvalue weighted by atomic mass is 79.9. The molecule has 1 amide bonds. The van der Waals surface area contributed by atoms with Gasteiger partial charge in [0.15, 0.2) is 0 Å².